The van der Waals surface area contributed by atoms with E-state index in [4.69, 9.17) is 5.73 Å². The summed E-state index contributed by atoms with van der Waals surface area (Å²) in [5, 5.41) is 0. The van der Waals surface area contributed by atoms with Crippen molar-refractivity contribution in [2.75, 3.05) is 20.1 Å². The van der Waals surface area contributed by atoms with Crippen LogP contribution in [-0.4, -0.2) is 42.1 Å². The smallest absolute Gasteiger partial charge is 0.315 e. The van der Waals surface area contributed by atoms with Gasteiger partial charge in [-0.15, -0.1) is 0 Å². The Hall–Kier alpha value is -2.95. The van der Waals surface area contributed by atoms with Gasteiger partial charge in [-0.3, -0.25) is 4.90 Å². The average Bonchev–Trinajstić information content (AvgIpc) is 3.00. The average molecular weight is 622 g/mol. The van der Waals surface area contributed by atoms with Crippen LogP contribution in [0.3, 0.4) is 0 Å². The van der Waals surface area contributed by atoms with E-state index in [0.717, 1.165) is 74.9 Å². The number of nitrogens with zero attached hydrogens (tertiary/aromatic N) is 2. The van der Waals surface area contributed by atoms with Crippen LogP contribution < -0.4 is 5.73 Å². The normalized spacial score (nSPS) is 23.2. The number of nitrogens with two attached hydrogens (primary N) is 1. The molecule has 0 bridgehead atoms. The lowest BCUT2D eigenvalue weighted by atomic mass is 9.72. The molecule has 1 unspecified atom stereocenters. The first-order valence-electron chi connectivity index (χ1n) is 15.1. The van der Waals surface area contributed by atoms with Crippen molar-refractivity contribution >= 4 is 0 Å². The summed E-state index contributed by atoms with van der Waals surface area (Å²) in [6, 6.07) is 18.6. The zero-order chi connectivity index (χ0) is 31.7. The SMILES string of the molecule is CN(C(N)Cc1cc(C(F)(F)F)cc(C(F)(F)F)c1)C1(c2ccccc2)CCC(N2CCC(c3ccc(F)cc3)CC2)CC1. The summed E-state index contributed by atoms with van der Waals surface area (Å²) in [4.78, 5) is 4.48. The second-order valence-corrected chi connectivity index (χ2v) is 12.3. The monoisotopic (exact) mass is 621 g/mol. The van der Waals surface area contributed by atoms with E-state index in [1.807, 2.05) is 54.4 Å². The van der Waals surface area contributed by atoms with Crippen molar-refractivity contribution < 1.29 is 30.7 Å². The number of likely N-dealkylation sites (tertiary alicyclic amines) is 1. The molecule has 238 valence electrons. The second kappa shape index (κ2) is 12.8. The Morgan fingerprint density at radius 3 is 1.89 bits per heavy atom. The summed E-state index contributed by atoms with van der Waals surface area (Å²) in [6.45, 7) is 1.88. The van der Waals surface area contributed by atoms with Crippen molar-refractivity contribution in [3.63, 3.8) is 0 Å². The highest BCUT2D eigenvalue weighted by Gasteiger charge is 2.44. The van der Waals surface area contributed by atoms with E-state index < -0.39 is 35.2 Å². The van der Waals surface area contributed by atoms with Crippen LogP contribution in [0.25, 0.3) is 0 Å². The molecule has 1 heterocycles. The van der Waals surface area contributed by atoms with Crippen LogP contribution in [0.4, 0.5) is 30.7 Å². The molecule has 1 atom stereocenters. The van der Waals surface area contributed by atoms with E-state index in [-0.39, 0.29) is 23.9 Å². The van der Waals surface area contributed by atoms with Crippen molar-refractivity contribution in [3.8, 4) is 0 Å². The molecule has 5 rings (SSSR count). The lowest BCUT2D eigenvalue weighted by Gasteiger charge is -2.51. The molecule has 1 saturated carbocycles. The van der Waals surface area contributed by atoms with Gasteiger partial charge in [0, 0.05) is 18.0 Å². The van der Waals surface area contributed by atoms with Gasteiger partial charge in [-0.2, -0.15) is 26.3 Å². The third-order valence-corrected chi connectivity index (χ3v) is 9.75. The molecule has 44 heavy (non-hydrogen) atoms. The van der Waals surface area contributed by atoms with Gasteiger partial charge in [-0.1, -0.05) is 42.5 Å². The third kappa shape index (κ3) is 7.13. The van der Waals surface area contributed by atoms with E-state index in [1.54, 1.807) is 0 Å². The highest BCUT2D eigenvalue weighted by molar-refractivity contribution is 5.34. The summed E-state index contributed by atoms with van der Waals surface area (Å²) in [6.07, 6.45) is -5.56. The van der Waals surface area contributed by atoms with E-state index >= 15 is 0 Å². The van der Waals surface area contributed by atoms with Gasteiger partial charge in [-0.25, -0.2) is 4.39 Å². The standard InChI is InChI=1S/C34H38F7N3/c1-43(31(42)21-23-19-27(33(36,37)38)22-28(20-23)34(39,40)41)32(26-5-3-2-4-6-26)15-11-30(12-16-32)44-17-13-25(14-18-44)24-7-9-29(35)10-8-24/h2-10,19-20,22,25,30-31H,11-18,21,42H2,1H3. The highest BCUT2D eigenvalue weighted by Crippen LogP contribution is 2.45. The van der Waals surface area contributed by atoms with Crippen molar-refractivity contribution in [3.05, 3.63) is 106 Å². The molecule has 3 aromatic rings. The minimum Gasteiger partial charge on any atom is -0.315 e. The van der Waals surface area contributed by atoms with Gasteiger partial charge in [0.25, 0.3) is 0 Å². The number of hydrogen-bond donors (Lipinski definition) is 1. The molecule has 0 radical (unpaired) electrons. The van der Waals surface area contributed by atoms with Crippen LogP contribution in [0, 0.1) is 5.82 Å². The summed E-state index contributed by atoms with van der Waals surface area (Å²) in [5.74, 6) is 0.164. The van der Waals surface area contributed by atoms with E-state index in [9.17, 15) is 30.7 Å². The van der Waals surface area contributed by atoms with Crippen LogP contribution in [0.2, 0.25) is 0 Å². The number of benzene rings is 3. The Labute approximate surface area is 253 Å². The quantitative estimate of drug-likeness (QED) is 0.213. The van der Waals surface area contributed by atoms with Gasteiger partial charge >= 0.3 is 12.4 Å². The maximum absolute atomic E-state index is 13.5. The van der Waals surface area contributed by atoms with Gasteiger partial charge < -0.3 is 10.6 Å². The first-order chi connectivity index (χ1) is 20.8. The number of rotatable bonds is 7. The molecule has 1 saturated heterocycles. The maximum atomic E-state index is 13.5. The Morgan fingerprint density at radius 1 is 0.818 bits per heavy atom. The van der Waals surface area contributed by atoms with Gasteiger partial charge in [0.15, 0.2) is 0 Å². The van der Waals surface area contributed by atoms with Crippen molar-refractivity contribution in [1.29, 1.82) is 0 Å². The lowest BCUT2D eigenvalue weighted by Crippen LogP contribution is -2.56. The number of alkyl halides is 6. The molecular formula is C34H38F7N3. The molecule has 0 amide bonds. The molecule has 1 aliphatic heterocycles. The van der Waals surface area contributed by atoms with Crippen molar-refractivity contribution in [2.45, 2.75) is 81.0 Å². The van der Waals surface area contributed by atoms with Gasteiger partial charge in [0.2, 0.25) is 0 Å². The molecule has 2 aliphatic rings. The molecule has 0 spiro atoms. The maximum Gasteiger partial charge on any atom is 0.416 e. The van der Waals surface area contributed by atoms with E-state index in [2.05, 4.69) is 4.90 Å². The van der Waals surface area contributed by atoms with Crippen LogP contribution in [0.5, 0.6) is 0 Å². The second-order valence-electron chi connectivity index (χ2n) is 12.3. The first-order valence-corrected chi connectivity index (χ1v) is 15.1. The van der Waals surface area contributed by atoms with Gasteiger partial charge in [0.05, 0.1) is 17.3 Å². The van der Waals surface area contributed by atoms with E-state index in [0.29, 0.717) is 12.0 Å². The number of halogens is 7. The van der Waals surface area contributed by atoms with E-state index in [1.165, 1.54) is 12.1 Å². The summed E-state index contributed by atoms with van der Waals surface area (Å²) >= 11 is 0. The third-order valence-electron chi connectivity index (χ3n) is 9.75. The number of piperidine rings is 1. The van der Waals surface area contributed by atoms with Crippen LogP contribution in [0.15, 0.2) is 72.8 Å². The van der Waals surface area contributed by atoms with Crippen LogP contribution in [-0.2, 0) is 24.3 Å². The Morgan fingerprint density at radius 2 is 1.36 bits per heavy atom. The lowest BCUT2D eigenvalue weighted by molar-refractivity contribution is -0.143. The summed E-state index contributed by atoms with van der Waals surface area (Å²) in [7, 11) is 1.82. The molecule has 1 aliphatic carbocycles. The number of likely N-dealkylation sites (N-methyl/N-ethyl adjacent to an activating group) is 1. The minimum absolute atomic E-state index is 0.104. The zero-order valence-electron chi connectivity index (χ0n) is 24.6. The molecule has 2 N–H and O–H groups in total. The van der Waals surface area contributed by atoms with Crippen LogP contribution >= 0.6 is 0 Å². The predicted molar refractivity (Wildman–Crippen MR) is 156 cm³/mol. The highest BCUT2D eigenvalue weighted by atomic mass is 19.4. The first kappa shape index (κ1) is 32.4. The molecule has 10 heteroatoms. The molecule has 3 aromatic carbocycles. The fourth-order valence-corrected chi connectivity index (χ4v) is 7.20. The molecular weight excluding hydrogens is 583 g/mol. The van der Waals surface area contributed by atoms with Crippen molar-refractivity contribution in [1.82, 2.24) is 9.80 Å². The number of hydrogen-bond acceptors (Lipinski definition) is 3. The fraction of sp³-hybridized carbons (Fsp3) is 0.471. The summed E-state index contributed by atoms with van der Waals surface area (Å²) in [5.41, 5.74) is 5.52. The van der Waals surface area contributed by atoms with Gasteiger partial charge in [-0.05, 0) is 112 Å². The predicted octanol–water partition coefficient (Wildman–Crippen LogP) is 8.34. The fourth-order valence-electron chi connectivity index (χ4n) is 7.20. The molecule has 2 fully saturated rings. The van der Waals surface area contributed by atoms with Crippen LogP contribution in [0.1, 0.15) is 72.3 Å². The topological polar surface area (TPSA) is 32.5 Å². The Bertz CT molecular complexity index is 1340. The zero-order valence-corrected chi connectivity index (χ0v) is 24.6. The molecule has 3 nitrogen and oxygen atoms in total. The Kier molecular flexibility index (Phi) is 9.44. The Balaban J connectivity index is 1.31. The largest absolute Gasteiger partial charge is 0.416 e. The molecule has 0 aromatic heterocycles. The van der Waals surface area contributed by atoms with Gasteiger partial charge in [0.1, 0.15) is 5.82 Å². The minimum atomic E-state index is -4.91. The van der Waals surface area contributed by atoms with Crippen molar-refractivity contribution in [2.24, 2.45) is 5.73 Å². The summed E-state index contributed by atoms with van der Waals surface area (Å²) < 4.78 is 94.3.